The smallest absolute Gasteiger partial charge is 0.269 e. The van der Waals surface area contributed by atoms with Gasteiger partial charge in [-0.1, -0.05) is 19.1 Å². The number of non-ortho nitro benzene ring substituents is 1. The number of nitrogens with two attached hydrogens (primary N) is 1. The number of rotatable bonds is 7. The maximum atomic E-state index is 11.8. The Morgan fingerprint density at radius 3 is 2.71 bits per heavy atom. The van der Waals surface area contributed by atoms with Crippen molar-refractivity contribution in [3.8, 4) is 0 Å². The molecule has 1 rings (SSSR count). The number of hydrogen-bond donors (Lipinski definition) is 2. The minimum atomic E-state index is -0.757. The van der Waals surface area contributed by atoms with E-state index in [0.717, 1.165) is 0 Å². The number of methoxy groups -OCH3 is 1. The molecule has 1 amide bonds. The number of ether oxygens (including phenoxy) is 1. The van der Waals surface area contributed by atoms with Crippen LogP contribution in [0.15, 0.2) is 24.3 Å². The predicted molar refractivity (Wildman–Crippen MR) is 81.4 cm³/mol. The molecule has 2 atom stereocenters. The fourth-order valence-electron chi connectivity index (χ4n) is 1.81. The molecule has 0 aromatic heterocycles. The summed E-state index contributed by atoms with van der Waals surface area (Å²) in [4.78, 5) is 22.1. The van der Waals surface area contributed by atoms with Crippen LogP contribution in [0.1, 0.15) is 24.9 Å². The van der Waals surface area contributed by atoms with Gasteiger partial charge < -0.3 is 15.8 Å². The molecule has 0 spiro atoms. The molecule has 1 aromatic carbocycles. The van der Waals surface area contributed by atoms with E-state index in [1.165, 1.54) is 19.2 Å². The topological polar surface area (TPSA) is 107 Å². The summed E-state index contributed by atoms with van der Waals surface area (Å²) in [5, 5.41) is 13.5. The highest BCUT2D eigenvalue weighted by Gasteiger charge is 2.19. The number of nitrogens with one attached hydrogen (secondary N) is 1. The number of halogens is 1. The maximum absolute atomic E-state index is 11.8. The van der Waals surface area contributed by atoms with Gasteiger partial charge in [0.25, 0.3) is 5.69 Å². The van der Waals surface area contributed by atoms with E-state index in [9.17, 15) is 14.9 Å². The monoisotopic (exact) mass is 317 g/mol. The second-order valence-corrected chi connectivity index (χ2v) is 4.38. The third-order valence-electron chi connectivity index (χ3n) is 2.89. The molecule has 8 heteroatoms. The van der Waals surface area contributed by atoms with Crippen molar-refractivity contribution in [2.75, 3.05) is 13.7 Å². The van der Waals surface area contributed by atoms with Crippen LogP contribution in [0, 0.1) is 10.1 Å². The number of nitrogens with zero attached hydrogens (tertiary/aromatic N) is 1. The number of nitro benzene ring substituents is 1. The Morgan fingerprint density at radius 2 is 2.19 bits per heavy atom. The SMILES string of the molecule is CCC(NC(=O)C(N)COC)c1cccc([N+](=O)[O-])c1.Cl. The third kappa shape index (κ3) is 5.66. The lowest BCUT2D eigenvalue weighted by molar-refractivity contribution is -0.384. The van der Waals surface area contributed by atoms with Gasteiger partial charge in [-0.2, -0.15) is 0 Å². The molecule has 3 N–H and O–H groups in total. The van der Waals surface area contributed by atoms with E-state index in [1.54, 1.807) is 12.1 Å². The first-order chi connectivity index (χ1) is 9.49. The fraction of sp³-hybridized carbons (Fsp3) is 0.462. The minimum Gasteiger partial charge on any atom is -0.383 e. The van der Waals surface area contributed by atoms with Crippen LogP contribution in [0.5, 0.6) is 0 Å². The van der Waals surface area contributed by atoms with Crippen molar-refractivity contribution in [2.45, 2.75) is 25.4 Å². The van der Waals surface area contributed by atoms with Gasteiger partial charge in [0, 0.05) is 19.2 Å². The summed E-state index contributed by atoms with van der Waals surface area (Å²) in [6.45, 7) is 2.00. The number of benzene rings is 1. The minimum absolute atomic E-state index is 0. The predicted octanol–water partition coefficient (Wildman–Crippen LogP) is 1.56. The van der Waals surface area contributed by atoms with Crippen molar-refractivity contribution in [1.29, 1.82) is 0 Å². The second kappa shape index (κ2) is 9.28. The van der Waals surface area contributed by atoms with E-state index in [2.05, 4.69) is 5.32 Å². The third-order valence-corrected chi connectivity index (χ3v) is 2.89. The molecule has 0 aliphatic rings. The molecular formula is C13H20ClN3O4. The molecule has 0 fully saturated rings. The molecule has 1 aromatic rings. The summed E-state index contributed by atoms with van der Waals surface area (Å²) in [6, 6.07) is 5.13. The van der Waals surface area contributed by atoms with Gasteiger partial charge in [0.15, 0.2) is 0 Å². The molecule has 7 nitrogen and oxygen atoms in total. The summed E-state index contributed by atoms with van der Waals surface area (Å²) in [7, 11) is 1.46. The van der Waals surface area contributed by atoms with Gasteiger partial charge in [-0.3, -0.25) is 14.9 Å². The van der Waals surface area contributed by atoms with E-state index >= 15 is 0 Å². The summed E-state index contributed by atoms with van der Waals surface area (Å²) < 4.78 is 4.82. The largest absolute Gasteiger partial charge is 0.383 e. The zero-order valence-corrected chi connectivity index (χ0v) is 12.8. The first-order valence-corrected chi connectivity index (χ1v) is 6.28. The molecule has 118 valence electrons. The summed E-state index contributed by atoms with van der Waals surface area (Å²) in [5.41, 5.74) is 6.32. The highest BCUT2D eigenvalue weighted by Crippen LogP contribution is 2.21. The highest BCUT2D eigenvalue weighted by atomic mass is 35.5. The Hall–Kier alpha value is -1.70. The molecule has 0 radical (unpaired) electrons. The van der Waals surface area contributed by atoms with Crippen molar-refractivity contribution in [3.05, 3.63) is 39.9 Å². The summed E-state index contributed by atoms with van der Waals surface area (Å²) in [6.07, 6.45) is 0.604. The first-order valence-electron chi connectivity index (χ1n) is 6.28. The van der Waals surface area contributed by atoms with E-state index in [1.807, 2.05) is 6.92 Å². The average Bonchev–Trinajstić information content (AvgIpc) is 2.44. The fourth-order valence-corrected chi connectivity index (χ4v) is 1.81. The molecule has 21 heavy (non-hydrogen) atoms. The van der Waals surface area contributed by atoms with Gasteiger partial charge in [-0.15, -0.1) is 12.4 Å². The van der Waals surface area contributed by atoms with Gasteiger partial charge in [-0.05, 0) is 12.0 Å². The van der Waals surface area contributed by atoms with Crippen LogP contribution in [-0.4, -0.2) is 30.6 Å². The number of carbonyl (C=O) groups excluding carboxylic acids is 1. The lowest BCUT2D eigenvalue weighted by atomic mass is 10.0. The Balaban J connectivity index is 0.00000400. The van der Waals surface area contributed by atoms with Gasteiger partial charge in [0.2, 0.25) is 5.91 Å². The number of hydrogen-bond acceptors (Lipinski definition) is 5. The molecule has 0 saturated heterocycles. The van der Waals surface area contributed by atoms with Crippen LogP contribution in [0.25, 0.3) is 0 Å². The zero-order valence-electron chi connectivity index (χ0n) is 11.9. The van der Waals surface area contributed by atoms with E-state index in [-0.39, 0.29) is 36.7 Å². The van der Waals surface area contributed by atoms with Gasteiger partial charge in [0.1, 0.15) is 6.04 Å². The normalized spacial score (nSPS) is 12.9. The quantitative estimate of drug-likeness (QED) is 0.586. The van der Waals surface area contributed by atoms with Crippen LogP contribution >= 0.6 is 12.4 Å². The summed E-state index contributed by atoms with van der Waals surface area (Å²) >= 11 is 0. The Morgan fingerprint density at radius 1 is 1.52 bits per heavy atom. The molecular weight excluding hydrogens is 298 g/mol. The Bertz CT molecular complexity index is 484. The van der Waals surface area contributed by atoms with Crippen molar-refractivity contribution in [3.63, 3.8) is 0 Å². The maximum Gasteiger partial charge on any atom is 0.269 e. The molecule has 2 unspecified atom stereocenters. The van der Waals surface area contributed by atoms with Crippen LogP contribution in [0.2, 0.25) is 0 Å². The van der Waals surface area contributed by atoms with Crippen molar-refractivity contribution in [1.82, 2.24) is 5.32 Å². The van der Waals surface area contributed by atoms with Crippen molar-refractivity contribution < 1.29 is 14.5 Å². The Kier molecular flexibility index (Phi) is 8.52. The second-order valence-electron chi connectivity index (χ2n) is 4.38. The average molecular weight is 318 g/mol. The highest BCUT2D eigenvalue weighted by molar-refractivity contribution is 5.85. The number of carbonyl (C=O) groups is 1. The van der Waals surface area contributed by atoms with E-state index < -0.39 is 11.0 Å². The van der Waals surface area contributed by atoms with Crippen LogP contribution < -0.4 is 11.1 Å². The van der Waals surface area contributed by atoms with Crippen molar-refractivity contribution >= 4 is 24.0 Å². The van der Waals surface area contributed by atoms with Gasteiger partial charge in [0.05, 0.1) is 17.6 Å². The van der Waals surface area contributed by atoms with Gasteiger partial charge in [-0.25, -0.2) is 0 Å². The van der Waals surface area contributed by atoms with Crippen molar-refractivity contribution in [2.24, 2.45) is 5.73 Å². The number of nitro groups is 1. The Labute approximate surface area is 129 Å². The van der Waals surface area contributed by atoms with Crippen LogP contribution in [-0.2, 0) is 9.53 Å². The van der Waals surface area contributed by atoms with Gasteiger partial charge >= 0.3 is 0 Å². The van der Waals surface area contributed by atoms with E-state index in [0.29, 0.717) is 12.0 Å². The van der Waals surface area contributed by atoms with Crippen LogP contribution in [0.3, 0.4) is 0 Å². The molecule has 0 bridgehead atoms. The van der Waals surface area contributed by atoms with E-state index in [4.69, 9.17) is 10.5 Å². The van der Waals surface area contributed by atoms with Crippen LogP contribution in [0.4, 0.5) is 5.69 Å². The molecule has 0 saturated carbocycles. The first kappa shape index (κ1) is 19.3. The zero-order chi connectivity index (χ0) is 15.1. The number of amides is 1. The lowest BCUT2D eigenvalue weighted by Crippen LogP contribution is -2.44. The molecule has 0 heterocycles. The molecule has 0 aliphatic carbocycles. The standard InChI is InChI=1S/C13H19N3O4.ClH/c1-3-12(15-13(17)11(14)8-20-2)9-5-4-6-10(7-9)16(18)19;/h4-7,11-12H,3,8,14H2,1-2H3,(H,15,17);1H. The lowest BCUT2D eigenvalue weighted by Gasteiger charge is -2.19. The summed E-state index contributed by atoms with van der Waals surface area (Å²) in [5.74, 6) is -0.342. The molecule has 0 aliphatic heterocycles.